The summed E-state index contributed by atoms with van der Waals surface area (Å²) in [5.74, 6) is 1.44. The number of nitrogens with zero attached hydrogens (tertiary/aromatic N) is 1. The molecule has 27 heavy (non-hydrogen) atoms. The summed E-state index contributed by atoms with van der Waals surface area (Å²) in [6, 6.07) is 6.28. The molecule has 1 aliphatic carbocycles. The number of fused-ring (bicyclic) bond motifs is 1. The Kier molecular flexibility index (Phi) is 4.81. The van der Waals surface area contributed by atoms with Gasteiger partial charge in [0.1, 0.15) is 6.04 Å². The molecule has 0 radical (unpaired) electrons. The number of carboxylic acids is 1. The topological polar surface area (TPSA) is 71.0 Å². The van der Waals surface area contributed by atoms with Gasteiger partial charge in [-0.25, -0.2) is 0 Å². The molecule has 2 aliphatic heterocycles. The number of ether oxygens (including phenoxy) is 2. The maximum atomic E-state index is 11.4. The number of hydrogen-bond acceptors (Lipinski definition) is 6. The number of aliphatic carboxylic acids is 1. The Morgan fingerprint density at radius 1 is 1.26 bits per heavy atom. The molecule has 0 amide bonds. The molecule has 1 unspecified atom stereocenters. The molecule has 1 aromatic rings. The molecule has 2 saturated heterocycles. The molecule has 1 saturated carbocycles. The highest BCUT2D eigenvalue weighted by Gasteiger charge is 2.57. The van der Waals surface area contributed by atoms with Crippen molar-refractivity contribution < 1.29 is 19.4 Å². The summed E-state index contributed by atoms with van der Waals surface area (Å²) in [5.41, 5.74) is 1.39. The minimum atomic E-state index is -0.740. The van der Waals surface area contributed by atoms with Crippen LogP contribution >= 0.6 is 11.8 Å². The largest absolute Gasteiger partial charge is 0.493 e. The van der Waals surface area contributed by atoms with Crippen molar-refractivity contribution in [3.8, 4) is 11.5 Å². The van der Waals surface area contributed by atoms with Crippen LogP contribution in [0, 0.1) is 0 Å². The van der Waals surface area contributed by atoms with Gasteiger partial charge in [0.15, 0.2) is 11.5 Å². The molecule has 3 aliphatic rings. The van der Waals surface area contributed by atoms with Crippen molar-refractivity contribution in [2.24, 2.45) is 0 Å². The maximum Gasteiger partial charge on any atom is 0.321 e. The van der Waals surface area contributed by atoms with Crippen LogP contribution in [0.1, 0.15) is 31.2 Å². The summed E-state index contributed by atoms with van der Waals surface area (Å²) in [6.07, 6.45) is 4.11. The predicted octanol–water partition coefficient (Wildman–Crippen LogP) is 2.32. The van der Waals surface area contributed by atoms with E-state index in [0.717, 1.165) is 43.7 Å². The number of hydrogen-bond donors (Lipinski definition) is 2. The molecule has 1 aromatic carbocycles. The molecule has 6 nitrogen and oxygen atoms in total. The molecule has 0 bridgehead atoms. The normalized spacial score (nSPS) is 36.0. The Labute approximate surface area is 164 Å². The summed E-state index contributed by atoms with van der Waals surface area (Å²) in [6.45, 7) is 1.06. The molecule has 2 heterocycles. The van der Waals surface area contributed by atoms with Crippen molar-refractivity contribution in [3.63, 3.8) is 0 Å². The summed E-state index contributed by atoms with van der Waals surface area (Å²) in [4.78, 5) is 13.8. The van der Waals surface area contributed by atoms with E-state index in [9.17, 15) is 9.90 Å². The number of thioether (sulfide) groups is 1. The van der Waals surface area contributed by atoms with E-state index in [1.807, 2.05) is 6.07 Å². The molecule has 1 spiro atoms. The van der Waals surface area contributed by atoms with Crippen LogP contribution in [0.25, 0.3) is 0 Å². The highest BCUT2D eigenvalue weighted by Crippen LogP contribution is 2.55. The molecule has 4 atom stereocenters. The molecule has 4 rings (SSSR count). The van der Waals surface area contributed by atoms with E-state index in [1.54, 1.807) is 26.0 Å². The fraction of sp³-hybridized carbons (Fsp3) is 0.650. The zero-order chi connectivity index (χ0) is 19.2. The zero-order valence-corrected chi connectivity index (χ0v) is 17.0. The van der Waals surface area contributed by atoms with Crippen LogP contribution in [0.4, 0.5) is 0 Å². The second-order valence-electron chi connectivity index (χ2n) is 8.02. The summed E-state index contributed by atoms with van der Waals surface area (Å²) in [5, 5.41) is 12.8. The van der Waals surface area contributed by atoms with E-state index < -0.39 is 12.0 Å². The first-order valence-electron chi connectivity index (χ1n) is 9.50. The van der Waals surface area contributed by atoms with Crippen molar-refractivity contribution in [3.05, 3.63) is 23.8 Å². The average Bonchev–Trinajstić information content (AvgIpc) is 3.24. The van der Waals surface area contributed by atoms with Gasteiger partial charge in [-0.05, 0) is 57.0 Å². The van der Waals surface area contributed by atoms with Crippen molar-refractivity contribution in [1.29, 1.82) is 0 Å². The minimum Gasteiger partial charge on any atom is -0.493 e. The number of carbonyl (C=O) groups is 1. The van der Waals surface area contributed by atoms with Gasteiger partial charge < -0.3 is 19.5 Å². The number of nitrogens with one attached hydrogen (secondary N) is 1. The number of rotatable bonds is 4. The molecular weight excluding hydrogens is 364 g/mol. The van der Waals surface area contributed by atoms with Gasteiger partial charge in [0.25, 0.3) is 0 Å². The summed E-state index contributed by atoms with van der Waals surface area (Å²) >= 11 is 1.80. The van der Waals surface area contributed by atoms with Gasteiger partial charge in [0.05, 0.1) is 19.1 Å². The summed E-state index contributed by atoms with van der Waals surface area (Å²) < 4.78 is 11.0. The Morgan fingerprint density at radius 3 is 2.70 bits per heavy atom. The van der Waals surface area contributed by atoms with Gasteiger partial charge in [-0.3, -0.25) is 10.1 Å². The lowest BCUT2D eigenvalue weighted by atomic mass is 9.64. The Bertz CT molecular complexity index is 745. The maximum absolute atomic E-state index is 11.4. The monoisotopic (exact) mass is 392 g/mol. The van der Waals surface area contributed by atoms with Crippen molar-refractivity contribution in [2.45, 2.75) is 48.1 Å². The van der Waals surface area contributed by atoms with Gasteiger partial charge in [0, 0.05) is 17.2 Å². The lowest BCUT2D eigenvalue weighted by Crippen LogP contribution is -2.56. The molecule has 148 valence electrons. The van der Waals surface area contributed by atoms with Gasteiger partial charge >= 0.3 is 5.97 Å². The fourth-order valence-corrected chi connectivity index (χ4v) is 6.73. The predicted molar refractivity (Wildman–Crippen MR) is 106 cm³/mol. The lowest BCUT2D eigenvalue weighted by molar-refractivity contribution is -0.139. The summed E-state index contributed by atoms with van der Waals surface area (Å²) in [7, 11) is 5.53. The first kappa shape index (κ1) is 18.9. The Balaban J connectivity index is 1.65. The van der Waals surface area contributed by atoms with Crippen molar-refractivity contribution in [1.82, 2.24) is 10.2 Å². The van der Waals surface area contributed by atoms with Gasteiger partial charge in [-0.15, -0.1) is 11.8 Å². The van der Waals surface area contributed by atoms with Crippen LogP contribution in [-0.2, 0) is 10.2 Å². The number of methoxy groups -OCH3 is 2. The van der Waals surface area contributed by atoms with Crippen LogP contribution in [0.15, 0.2) is 18.2 Å². The third kappa shape index (κ3) is 3.00. The van der Waals surface area contributed by atoms with E-state index in [0.29, 0.717) is 11.8 Å². The number of likely N-dealkylation sites (N-methyl/N-ethyl adjacent to an activating group) is 1. The van der Waals surface area contributed by atoms with E-state index in [1.165, 1.54) is 5.56 Å². The van der Waals surface area contributed by atoms with Crippen LogP contribution in [0.5, 0.6) is 11.5 Å². The molecule has 0 aromatic heterocycles. The van der Waals surface area contributed by atoms with E-state index in [2.05, 4.69) is 29.4 Å². The lowest BCUT2D eigenvalue weighted by Gasteiger charge is -2.49. The average molecular weight is 393 g/mol. The molecule has 7 heteroatoms. The van der Waals surface area contributed by atoms with Crippen LogP contribution in [0.3, 0.4) is 0 Å². The first-order chi connectivity index (χ1) is 12.9. The molecular formula is C20H28N2O4S. The highest BCUT2D eigenvalue weighted by molar-refractivity contribution is 8.01. The van der Waals surface area contributed by atoms with E-state index in [4.69, 9.17) is 9.47 Å². The van der Waals surface area contributed by atoms with Crippen molar-refractivity contribution in [2.75, 3.05) is 33.6 Å². The quantitative estimate of drug-likeness (QED) is 0.815. The van der Waals surface area contributed by atoms with Crippen molar-refractivity contribution >= 4 is 17.7 Å². The van der Waals surface area contributed by atoms with Crippen LogP contribution < -0.4 is 14.8 Å². The Morgan fingerprint density at radius 2 is 2.04 bits per heavy atom. The van der Waals surface area contributed by atoms with Crippen LogP contribution in [0.2, 0.25) is 0 Å². The minimum absolute atomic E-state index is 0.0864. The second-order valence-corrected chi connectivity index (χ2v) is 9.42. The van der Waals surface area contributed by atoms with Gasteiger partial charge in [-0.1, -0.05) is 6.07 Å². The fourth-order valence-electron chi connectivity index (χ4n) is 5.27. The first-order valence-corrected chi connectivity index (χ1v) is 10.5. The molecule has 2 N–H and O–H groups in total. The van der Waals surface area contributed by atoms with Gasteiger partial charge in [0.2, 0.25) is 0 Å². The van der Waals surface area contributed by atoms with Crippen LogP contribution in [-0.4, -0.2) is 66.5 Å². The SMILES string of the molecule is COc1ccc([C@]23CCN(C)[C@H]2CC2(CC3)N[C@H](C(=O)O)CS2)cc1OC. The number of benzene rings is 1. The second kappa shape index (κ2) is 6.87. The standard InChI is InChI=1S/C20H28N2O4S/c1-22-9-8-19(13-4-5-15(25-2)16(10-13)26-3)6-7-20(11-17(19)22)21-14(12-27-20)18(23)24/h4-5,10,14,17,21H,6-9,11-12H2,1-3H3,(H,23,24)/t14-,17-,19-,20?/m0/s1. The smallest absolute Gasteiger partial charge is 0.321 e. The number of carboxylic acid groups (broad SMARTS) is 1. The molecule has 3 fully saturated rings. The van der Waals surface area contributed by atoms with E-state index in [-0.39, 0.29) is 10.3 Å². The van der Waals surface area contributed by atoms with Gasteiger partial charge in [-0.2, -0.15) is 0 Å². The zero-order valence-electron chi connectivity index (χ0n) is 16.2. The number of likely N-dealkylation sites (tertiary alicyclic amines) is 1. The third-order valence-corrected chi connectivity index (χ3v) is 8.34. The Hall–Kier alpha value is -1.44. The van der Waals surface area contributed by atoms with E-state index >= 15 is 0 Å². The third-order valence-electron chi connectivity index (χ3n) is 6.80. The highest BCUT2D eigenvalue weighted by atomic mass is 32.2.